The third kappa shape index (κ3) is 12.0. The molecule has 0 radical (unpaired) electrons. The molecule has 0 saturated carbocycles. The zero-order valence-electron chi connectivity index (χ0n) is 15.0. The van der Waals surface area contributed by atoms with Gasteiger partial charge in [0.15, 0.2) is 0 Å². The molecule has 132 valence electrons. The van der Waals surface area contributed by atoms with Crippen molar-refractivity contribution in [1.29, 1.82) is 0 Å². The molecule has 0 saturated heterocycles. The number of aliphatic hydroxyl groups is 1. The van der Waals surface area contributed by atoms with Gasteiger partial charge in [0.05, 0.1) is 18.6 Å². The molecule has 0 heterocycles. The fourth-order valence-electron chi connectivity index (χ4n) is 2.57. The molecule has 0 aromatic carbocycles. The average molecular weight is 316 g/mol. The molecule has 0 spiro atoms. The average Bonchev–Trinajstić information content (AvgIpc) is 2.45. The van der Waals surface area contributed by atoms with E-state index in [-0.39, 0.29) is 23.9 Å². The minimum absolute atomic E-state index is 0.0381. The zero-order valence-corrected chi connectivity index (χ0v) is 15.0. The van der Waals surface area contributed by atoms with E-state index in [9.17, 15) is 9.90 Å². The molecule has 4 nitrogen and oxygen atoms in total. The second kappa shape index (κ2) is 14.0. The van der Waals surface area contributed by atoms with Crippen molar-refractivity contribution in [2.75, 3.05) is 6.61 Å². The predicted molar refractivity (Wildman–Crippen MR) is 89.3 cm³/mol. The van der Waals surface area contributed by atoms with Gasteiger partial charge in [0, 0.05) is 0 Å². The molecule has 0 aromatic rings. The van der Waals surface area contributed by atoms with Gasteiger partial charge in [-0.3, -0.25) is 4.89 Å². The van der Waals surface area contributed by atoms with Gasteiger partial charge in [-0.15, -0.1) is 0 Å². The Balaban J connectivity index is 4.03. The number of hydrogen-bond donors (Lipinski definition) is 1. The van der Waals surface area contributed by atoms with Crippen molar-refractivity contribution in [1.82, 2.24) is 0 Å². The van der Waals surface area contributed by atoms with Crippen LogP contribution in [0.2, 0.25) is 0 Å². The van der Waals surface area contributed by atoms with Crippen LogP contribution in [0.3, 0.4) is 0 Å². The molecule has 0 bridgehead atoms. The number of unbranched alkanes of at least 4 members (excludes halogenated alkanes) is 4. The summed E-state index contributed by atoms with van der Waals surface area (Å²) in [5.41, 5.74) is 0. The summed E-state index contributed by atoms with van der Waals surface area (Å²) < 4.78 is 0. The highest BCUT2D eigenvalue weighted by molar-refractivity contribution is 5.71. The maximum Gasteiger partial charge on any atom is 0.345 e. The highest BCUT2D eigenvalue weighted by atomic mass is 17.2. The van der Waals surface area contributed by atoms with Crippen molar-refractivity contribution in [3.05, 3.63) is 0 Å². The number of carbonyl (C=O) groups excluding carboxylic acids is 1. The third-order valence-electron chi connectivity index (χ3n) is 3.88. The first-order valence-corrected chi connectivity index (χ1v) is 9.02. The largest absolute Gasteiger partial charge is 0.393 e. The fourth-order valence-corrected chi connectivity index (χ4v) is 2.57. The molecule has 4 heteroatoms. The Morgan fingerprint density at radius 3 is 2.23 bits per heavy atom. The molecular formula is C18H36O4. The Bertz CT molecular complexity index is 266. The highest BCUT2D eigenvalue weighted by Crippen LogP contribution is 2.19. The molecule has 0 rings (SSSR count). The van der Waals surface area contributed by atoms with Gasteiger partial charge in [-0.1, -0.05) is 59.3 Å². The standard InChI is InChI=1S/C18H36O4/c1-5-7-9-10-12-17(11-8-6-2)18(20)22-21-14-15(3)13-16(4)19/h15-17,19H,5-14H2,1-4H3. The van der Waals surface area contributed by atoms with Crippen LogP contribution in [0.25, 0.3) is 0 Å². The van der Waals surface area contributed by atoms with E-state index >= 15 is 0 Å². The summed E-state index contributed by atoms with van der Waals surface area (Å²) in [6.07, 6.45) is 8.89. The van der Waals surface area contributed by atoms with Crippen LogP contribution in [-0.2, 0) is 14.6 Å². The van der Waals surface area contributed by atoms with Crippen molar-refractivity contribution in [2.45, 2.75) is 91.6 Å². The first-order chi connectivity index (χ1) is 10.5. The zero-order chi connectivity index (χ0) is 16.8. The second-order valence-corrected chi connectivity index (χ2v) is 6.57. The number of rotatable bonds is 14. The lowest BCUT2D eigenvalue weighted by Gasteiger charge is -2.16. The lowest BCUT2D eigenvalue weighted by atomic mass is 9.95. The van der Waals surface area contributed by atoms with E-state index < -0.39 is 0 Å². The lowest BCUT2D eigenvalue weighted by molar-refractivity contribution is -0.282. The number of carbonyl (C=O) groups is 1. The van der Waals surface area contributed by atoms with Crippen molar-refractivity contribution >= 4 is 5.97 Å². The third-order valence-corrected chi connectivity index (χ3v) is 3.88. The van der Waals surface area contributed by atoms with E-state index in [0.717, 1.165) is 32.1 Å². The Labute approximate surface area is 136 Å². The molecule has 0 fully saturated rings. The summed E-state index contributed by atoms with van der Waals surface area (Å²) in [6, 6.07) is 0. The van der Waals surface area contributed by atoms with Crippen molar-refractivity contribution in [3.63, 3.8) is 0 Å². The van der Waals surface area contributed by atoms with Crippen LogP contribution < -0.4 is 0 Å². The van der Waals surface area contributed by atoms with Crippen LogP contribution in [0.1, 0.15) is 85.5 Å². The Kier molecular flexibility index (Phi) is 13.6. The SMILES string of the molecule is CCCCCCC(CCCC)C(=O)OOCC(C)CC(C)O. The fraction of sp³-hybridized carbons (Fsp3) is 0.944. The minimum atomic E-state index is -0.356. The number of hydrogen-bond acceptors (Lipinski definition) is 4. The van der Waals surface area contributed by atoms with Crippen LogP contribution in [0.5, 0.6) is 0 Å². The molecule has 0 aliphatic carbocycles. The van der Waals surface area contributed by atoms with E-state index in [4.69, 9.17) is 9.78 Å². The monoisotopic (exact) mass is 316 g/mol. The normalized spacial score (nSPS) is 15.3. The van der Waals surface area contributed by atoms with Crippen LogP contribution in [-0.4, -0.2) is 23.8 Å². The molecule has 22 heavy (non-hydrogen) atoms. The van der Waals surface area contributed by atoms with E-state index in [1.165, 1.54) is 19.3 Å². The van der Waals surface area contributed by atoms with Crippen molar-refractivity contribution < 1.29 is 19.7 Å². The molecular weight excluding hydrogens is 280 g/mol. The molecule has 0 aliphatic heterocycles. The molecule has 1 N–H and O–H groups in total. The quantitative estimate of drug-likeness (QED) is 0.288. The van der Waals surface area contributed by atoms with Gasteiger partial charge in [0.1, 0.15) is 0 Å². The minimum Gasteiger partial charge on any atom is -0.393 e. The summed E-state index contributed by atoms with van der Waals surface area (Å²) >= 11 is 0. The topological polar surface area (TPSA) is 55.8 Å². The molecule has 3 unspecified atom stereocenters. The molecule has 3 atom stereocenters. The Morgan fingerprint density at radius 2 is 1.64 bits per heavy atom. The van der Waals surface area contributed by atoms with Crippen molar-refractivity contribution in [3.8, 4) is 0 Å². The van der Waals surface area contributed by atoms with E-state index in [1.54, 1.807) is 6.92 Å². The summed E-state index contributed by atoms with van der Waals surface area (Å²) in [6.45, 7) is 8.38. The Morgan fingerprint density at radius 1 is 1.00 bits per heavy atom. The van der Waals surface area contributed by atoms with Gasteiger partial charge in [0.2, 0.25) is 0 Å². The lowest BCUT2D eigenvalue weighted by Crippen LogP contribution is -2.20. The Hall–Kier alpha value is -0.610. The van der Waals surface area contributed by atoms with Gasteiger partial charge in [-0.25, -0.2) is 4.79 Å². The first kappa shape index (κ1) is 21.4. The van der Waals surface area contributed by atoms with Gasteiger partial charge in [-0.2, -0.15) is 4.89 Å². The van der Waals surface area contributed by atoms with Crippen molar-refractivity contribution in [2.24, 2.45) is 11.8 Å². The van der Waals surface area contributed by atoms with Crippen LogP contribution >= 0.6 is 0 Å². The summed E-state index contributed by atoms with van der Waals surface area (Å²) in [4.78, 5) is 22.2. The van der Waals surface area contributed by atoms with E-state index in [0.29, 0.717) is 13.0 Å². The summed E-state index contributed by atoms with van der Waals surface area (Å²) in [5.74, 6) is -0.0930. The predicted octanol–water partition coefficient (Wildman–Crippen LogP) is 4.65. The van der Waals surface area contributed by atoms with Gasteiger partial charge >= 0.3 is 5.97 Å². The van der Waals surface area contributed by atoms with Crippen LogP contribution in [0.4, 0.5) is 0 Å². The van der Waals surface area contributed by atoms with E-state index in [2.05, 4.69) is 13.8 Å². The summed E-state index contributed by atoms with van der Waals surface area (Å²) in [7, 11) is 0. The molecule has 0 amide bonds. The van der Waals surface area contributed by atoms with Crippen LogP contribution in [0, 0.1) is 11.8 Å². The smallest absolute Gasteiger partial charge is 0.345 e. The van der Waals surface area contributed by atoms with Gasteiger partial charge < -0.3 is 5.11 Å². The second-order valence-electron chi connectivity index (χ2n) is 6.57. The molecule has 0 aliphatic rings. The van der Waals surface area contributed by atoms with Gasteiger partial charge in [0.25, 0.3) is 0 Å². The maximum atomic E-state index is 12.1. The van der Waals surface area contributed by atoms with Gasteiger partial charge in [-0.05, 0) is 32.1 Å². The van der Waals surface area contributed by atoms with Crippen LogP contribution in [0.15, 0.2) is 0 Å². The maximum absolute atomic E-state index is 12.1. The van der Waals surface area contributed by atoms with E-state index in [1.807, 2.05) is 6.92 Å². The highest BCUT2D eigenvalue weighted by Gasteiger charge is 2.20. The number of aliphatic hydroxyl groups excluding tert-OH is 1. The first-order valence-electron chi connectivity index (χ1n) is 9.02. The molecule has 0 aromatic heterocycles. The summed E-state index contributed by atoms with van der Waals surface area (Å²) in [5, 5.41) is 9.29.